The van der Waals surface area contributed by atoms with E-state index in [1.165, 1.54) is 25.1 Å². The van der Waals surface area contributed by atoms with Crippen LogP contribution in [0.5, 0.6) is 0 Å². The molecule has 1 N–H and O–H groups in total. The summed E-state index contributed by atoms with van der Waals surface area (Å²) in [6.45, 7) is 3.87. The van der Waals surface area contributed by atoms with E-state index in [-0.39, 0.29) is 11.7 Å². The molecular weight excluding hydrogens is 333 g/mol. The summed E-state index contributed by atoms with van der Waals surface area (Å²) in [5.41, 5.74) is 2.89. The van der Waals surface area contributed by atoms with Gasteiger partial charge in [0.1, 0.15) is 5.82 Å². The second-order valence-corrected chi connectivity index (χ2v) is 5.99. The molecule has 0 heterocycles. The number of hydrogen-bond acceptors (Lipinski definition) is 3. The van der Waals surface area contributed by atoms with Crippen LogP contribution in [0.1, 0.15) is 23.6 Å². The van der Waals surface area contributed by atoms with E-state index in [4.69, 9.17) is 4.74 Å². The molecule has 136 valence electrons. The summed E-state index contributed by atoms with van der Waals surface area (Å²) in [4.78, 5) is 23.8. The van der Waals surface area contributed by atoms with Crippen LogP contribution in [0.2, 0.25) is 0 Å². The molecule has 0 aromatic heterocycles. The topological polar surface area (TPSA) is 55.4 Å². The maximum Gasteiger partial charge on any atom is 0.331 e. The molecule has 0 saturated heterocycles. The highest BCUT2D eigenvalue weighted by molar-refractivity contribution is 5.90. The fraction of sp³-hybridized carbons (Fsp3) is 0.238. The molecular formula is C21H22FNO3. The molecule has 2 rings (SSSR count). The Balaban J connectivity index is 1.75. The monoisotopic (exact) mass is 355 g/mol. The van der Waals surface area contributed by atoms with Gasteiger partial charge in [-0.3, -0.25) is 4.79 Å². The highest BCUT2D eigenvalue weighted by atomic mass is 19.1. The normalized spacial score (nSPS) is 12.0. The van der Waals surface area contributed by atoms with Gasteiger partial charge in [0, 0.05) is 12.6 Å². The number of halogens is 1. The lowest BCUT2D eigenvalue weighted by atomic mass is 10.1. The second kappa shape index (κ2) is 9.51. The first-order chi connectivity index (χ1) is 12.4. The predicted molar refractivity (Wildman–Crippen MR) is 98.9 cm³/mol. The quantitative estimate of drug-likeness (QED) is 0.611. The molecule has 0 aliphatic carbocycles. The fourth-order valence-electron chi connectivity index (χ4n) is 2.33. The lowest BCUT2D eigenvalue weighted by molar-refractivity contribution is -0.150. The van der Waals surface area contributed by atoms with E-state index in [1.54, 1.807) is 18.2 Å². The van der Waals surface area contributed by atoms with Crippen LogP contribution < -0.4 is 5.32 Å². The molecule has 2 aromatic rings. The minimum Gasteiger partial charge on any atom is -0.449 e. The molecule has 0 spiro atoms. The third-order valence-corrected chi connectivity index (χ3v) is 3.74. The Morgan fingerprint density at radius 3 is 2.62 bits per heavy atom. The average Bonchev–Trinajstić information content (AvgIpc) is 2.61. The van der Waals surface area contributed by atoms with Gasteiger partial charge < -0.3 is 10.1 Å². The van der Waals surface area contributed by atoms with Gasteiger partial charge in [-0.05, 0) is 49.6 Å². The van der Waals surface area contributed by atoms with Gasteiger partial charge in [-0.1, -0.05) is 42.0 Å². The Labute approximate surface area is 152 Å². The number of rotatable bonds is 7. The molecule has 0 unspecified atom stereocenters. The van der Waals surface area contributed by atoms with E-state index >= 15 is 0 Å². The van der Waals surface area contributed by atoms with E-state index in [2.05, 4.69) is 5.32 Å². The van der Waals surface area contributed by atoms with E-state index in [9.17, 15) is 14.0 Å². The zero-order chi connectivity index (χ0) is 18.9. The van der Waals surface area contributed by atoms with Crippen molar-refractivity contribution in [2.24, 2.45) is 0 Å². The summed E-state index contributed by atoms with van der Waals surface area (Å²) in [7, 11) is 0. The standard InChI is InChI=1S/C21H22FNO3/c1-15-4-3-5-18(14-15)8-11-20(24)26-16(2)21(25)23-13-12-17-6-9-19(22)10-7-17/h3-11,14,16H,12-13H2,1-2H3,(H,23,25)/b11-8+/t16-/m1/s1. The summed E-state index contributed by atoms with van der Waals surface area (Å²) in [5, 5.41) is 2.70. The first-order valence-electron chi connectivity index (χ1n) is 8.41. The fourth-order valence-corrected chi connectivity index (χ4v) is 2.33. The van der Waals surface area contributed by atoms with Gasteiger partial charge in [-0.15, -0.1) is 0 Å². The third kappa shape index (κ3) is 6.51. The number of ether oxygens (including phenoxy) is 1. The van der Waals surface area contributed by atoms with Crippen molar-refractivity contribution < 1.29 is 18.7 Å². The molecule has 0 aliphatic heterocycles. The van der Waals surface area contributed by atoms with Crippen molar-refractivity contribution in [2.45, 2.75) is 26.4 Å². The number of benzene rings is 2. The molecule has 0 bridgehead atoms. The van der Waals surface area contributed by atoms with Gasteiger partial charge in [0.15, 0.2) is 6.10 Å². The van der Waals surface area contributed by atoms with E-state index in [1.807, 2.05) is 31.2 Å². The summed E-state index contributed by atoms with van der Waals surface area (Å²) in [6.07, 6.45) is 2.63. The Hall–Kier alpha value is -2.95. The number of carbonyl (C=O) groups excluding carboxylic acids is 2. The molecule has 1 amide bonds. The molecule has 0 aliphatic rings. The van der Waals surface area contributed by atoms with Gasteiger partial charge in [0.25, 0.3) is 5.91 Å². The Kier molecular flexibility index (Phi) is 7.09. The van der Waals surface area contributed by atoms with Crippen molar-refractivity contribution >= 4 is 18.0 Å². The number of esters is 1. The van der Waals surface area contributed by atoms with Crippen LogP contribution in [0.15, 0.2) is 54.6 Å². The smallest absolute Gasteiger partial charge is 0.331 e. The van der Waals surface area contributed by atoms with Crippen LogP contribution in [0.3, 0.4) is 0 Å². The van der Waals surface area contributed by atoms with E-state index < -0.39 is 12.1 Å². The summed E-state index contributed by atoms with van der Waals surface area (Å²) >= 11 is 0. The van der Waals surface area contributed by atoms with Crippen LogP contribution in [-0.4, -0.2) is 24.5 Å². The summed E-state index contributed by atoms with van der Waals surface area (Å²) in [5.74, 6) is -1.24. The lowest BCUT2D eigenvalue weighted by Gasteiger charge is -2.12. The summed E-state index contributed by atoms with van der Waals surface area (Å²) < 4.78 is 17.9. The maximum atomic E-state index is 12.8. The SMILES string of the molecule is Cc1cccc(/C=C/C(=O)O[C@H](C)C(=O)NCCc2ccc(F)cc2)c1. The van der Waals surface area contributed by atoms with E-state index in [0.717, 1.165) is 16.7 Å². The Morgan fingerprint density at radius 1 is 1.19 bits per heavy atom. The molecule has 0 fully saturated rings. The number of amides is 1. The molecule has 4 nitrogen and oxygen atoms in total. The van der Waals surface area contributed by atoms with Crippen LogP contribution in [0.4, 0.5) is 4.39 Å². The van der Waals surface area contributed by atoms with E-state index in [0.29, 0.717) is 13.0 Å². The molecule has 2 aromatic carbocycles. The average molecular weight is 355 g/mol. The second-order valence-electron chi connectivity index (χ2n) is 5.99. The van der Waals surface area contributed by atoms with Crippen LogP contribution in [-0.2, 0) is 20.7 Å². The Morgan fingerprint density at radius 2 is 1.92 bits per heavy atom. The molecule has 26 heavy (non-hydrogen) atoms. The van der Waals surface area contributed by atoms with Gasteiger partial charge in [0.05, 0.1) is 0 Å². The number of aryl methyl sites for hydroxylation is 1. The molecule has 0 saturated carbocycles. The van der Waals surface area contributed by atoms with Gasteiger partial charge in [-0.2, -0.15) is 0 Å². The minimum absolute atomic E-state index is 0.294. The van der Waals surface area contributed by atoms with Gasteiger partial charge in [-0.25, -0.2) is 9.18 Å². The first-order valence-corrected chi connectivity index (χ1v) is 8.41. The van der Waals surface area contributed by atoms with Gasteiger partial charge >= 0.3 is 5.97 Å². The molecule has 0 radical (unpaired) electrons. The largest absolute Gasteiger partial charge is 0.449 e. The minimum atomic E-state index is -0.891. The third-order valence-electron chi connectivity index (χ3n) is 3.74. The zero-order valence-electron chi connectivity index (χ0n) is 14.9. The van der Waals surface area contributed by atoms with Crippen molar-refractivity contribution in [3.05, 3.63) is 77.1 Å². The van der Waals surface area contributed by atoms with Crippen molar-refractivity contribution in [1.29, 1.82) is 0 Å². The van der Waals surface area contributed by atoms with Crippen LogP contribution in [0.25, 0.3) is 6.08 Å². The first kappa shape index (κ1) is 19.4. The predicted octanol–water partition coefficient (Wildman–Crippen LogP) is 3.44. The van der Waals surface area contributed by atoms with Crippen molar-refractivity contribution in [3.63, 3.8) is 0 Å². The maximum absolute atomic E-state index is 12.8. The lowest BCUT2D eigenvalue weighted by Crippen LogP contribution is -2.36. The van der Waals surface area contributed by atoms with Gasteiger partial charge in [0.2, 0.25) is 0 Å². The molecule has 5 heteroatoms. The van der Waals surface area contributed by atoms with Crippen molar-refractivity contribution in [2.75, 3.05) is 6.54 Å². The van der Waals surface area contributed by atoms with Crippen molar-refractivity contribution in [3.8, 4) is 0 Å². The number of carbonyl (C=O) groups is 2. The van der Waals surface area contributed by atoms with Crippen molar-refractivity contribution in [1.82, 2.24) is 5.32 Å². The zero-order valence-corrected chi connectivity index (χ0v) is 14.9. The number of nitrogens with one attached hydrogen (secondary N) is 1. The number of hydrogen-bond donors (Lipinski definition) is 1. The van der Waals surface area contributed by atoms with Crippen LogP contribution >= 0.6 is 0 Å². The molecule has 1 atom stereocenters. The highest BCUT2D eigenvalue weighted by Crippen LogP contribution is 2.06. The summed E-state index contributed by atoms with van der Waals surface area (Å²) in [6, 6.07) is 13.8. The Bertz CT molecular complexity index is 784. The van der Waals surface area contributed by atoms with Crippen LogP contribution in [0, 0.1) is 12.7 Å². The highest BCUT2D eigenvalue weighted by Gasteiger charge is 2.15.